The molecule has 1 aromatic rings. The van der Waals surface area contributed by atoms with Gasteiger partial charge in [0, 0.05) is 0 Å². The molecule has 3 N–H and O–H groups in total. The van der Waals surface area contributed by atoms with Gasteiger partial charge in [-0.25, -0.2) is 5.14 Å². The number of hydrogen-bond acceptors (Lipinski definition) is 2. The zero-order valence-electron chi connectivity index (χ0n) is 6.64. The van der Waals surface area contributed by atoms with E-state index in [0.29, 0.717) is 0 Å². The van der Waals surface area contributed by atoms with Gasteiger partial charge in [0.15, 0.2) is 0 Å². The minimum atomic E-state index is -4.17. The fourth-order valence-electron chi connectivity index (χ4n) is 0.534. The standard InChI is InChI=1S/C7H8.H3NO3S/c1-7-5-3-2-4-6-7;1-5(2,3)4/h2-6H,1H3;(H3,1,2,3,4). The maximum atomic E-state index is 8.97. The molecule has 0 saturated heterocycles. The maximum Gasteiger partial charge on any atom is 0.330 e. The number of aryl methyl sites for hydroxylation is 1. The second-order valence-corrected chi connectivity index (χ2v) is 3.20. The molecule has 0 aliphatic carbocycles. The number of benzene rings is 1. The fraction of sp³-hybridized carbons (Fsp3) is 0.143. The van der Waals surface area contributed by atoms with Crippen LogP contribution in [-0.4, -0.2) is 13.0 Å². The molecule has 1 aromatic carbocycles. The van der Waals surface area contributed by atoms with Crippen LogP contribution in [0.2, 0.25) is 0 Å². The van der Waals surface area contributed by atoms with Crippen LogP contribution in [0, 0.1) is 6.92 Å². The zero-order chi connectivity index (χ0) is 9.61. The highest BCUT2D eigenvalue weighted by molar-refractivity contribution is 7.83. The molecule has 5 heteroatoms. The number of rotatable bonds is 0. The van der Waals surface area contributed by atoms with Crippen molar-refractivity contribution < 1.29 is 13.0 Å². The first-order valence-corrected chi connectivity index (χ1v) is 4.67. The lowest BCUT2D eigenvalue weighted by molar-refractivity contribution is 0.485. The summed E-state index contributed by atoms with van der Waals surface area (Å²) >= 11 is 0. The van der Waals surface area contributed by atoms with E-state index in [0.717, 1.165) is 0 Å². The Morgan fingerprint density at radius 1 is 1.25 bits per heavy atom. The molecule has 0 spiro atoms. The third-order valence-corrected chi connectivity index (χ3v) is 0.940. The molecule has 0 amide bonds. The van der Waals surface area contributed by atoms with Crippen LogP contribution in [0.5, 0.6) is 0 Å². The van der Waals surface area contributed by atoms with E-state index in [1.165, 1.54) is 5.56 Å². The lowest BCUT2D eigenvalue weighted by atomic mass is 10.2. The van der Waals surface area contributed by atoms with E-state index in [4.69, 9.17) is 13.0 Å². The van der Waals surface area contributed by atoms with Gasteiger partial charge < -0.3 is 0 Å². The average molecular weight is 189 g/mol. The largest absolute Gasteiger partial charge is 0.330 e. The van der Waals surface area contributed by atoms with Crippen molar-refractivity contribution in [3.63, 3.8) is 0 Å². The summed E-state index contributed by atoms with van der Waals surface area (Å²) in [6, 6.07) is 10.3. The molecular formula is C7H11NO3S. The Labute approximate surface area is 71.9 Å². The van der Waals surface area contributed by atoms with Crippen molar-refractivity contribution in [3.8, 4) is 0 Å². The first-order valence-electron chi connectivity index (χ1n) is 3.16. The number of hydrogen-bond donors (Lipinski definition) is 2. The van der Waals surface area contributed by atoms with E-state index in [1.807, 2.05) is 18.2 Å². The van der Waals surface area contributed by atoms with Crippen molar-refractivity contribution in [1.82, 2.24) is 0 Å². The summed E-state index contributed by atoms with van der Waals surface area (Å²) in [5, 5.41) is 3.88. The molecule has 68 valence electrons. The highest BCUT2D eigenvalue weighted by Gasteiger charge is 1.81. The van der Waals surface area contributed by atoms with E-state index >= 15 is 0 Å². The molecule has 1 rings (SSSR count). The van der Waals surface area contributed by atoms with Crippen molar-refractivity contribution in [2.24, 2.45) is 5.14 Å². The molecule has 0 fully saturated rings. The summed E-state index contributed by atoms with van der Waals surface area (Å²) in [6.45, 7) is 2.08. The quantitative estimate of drug-likeness (QED) is 0.591. The Morgan fingerprint density at radius 3 is 1.75 bits per heavy atom. The summed E-state index contributed by atoms with van der Waals surface area (Å²) in [5.74, 6) is 0. The van der Waals surface area contributed by atoms with E-state index < -0.39 is 10.3 Å². The Hall–Kier alpha value is -0.910. The van der Waals surface area contributed by atoms with Gasteiger partial charge in [-0.1, -0.05) is 35.9 Å². The Kier molecular flexibility index (Phi) is 4.50. The summed E-state index contributed by atoms with van der Waals surface area (Å²) in [7, 11) is -4.17. The van der Waals surface area contributed by atoms with Crippen LogP contribution >= 0.6 is 0 Å². The minimum Gasteiger partial charge on any atom is -0.274 e. The third-order valence-electron chi connectivity index (χ3n) is 0.940. The molecule has 0 unspecified atom stereocenters. The van der Waals surface area contributed by atoms with Crippen molar-refractivity contribution in [2.75, 3.05) is 0 Å². The molecule has 0 heterocycles. The average Bonchev–Trinajstić information content (AvgIpc) is 1.85. The molecule has 4 nitrogen and oxygen atoms in total. The van der Waals surface area contributed by atoms with Crippen LogP contribution in [0.1, 0.15) is 5.56 Å². The number of nitrogens with two attached hydrogens (primary N) is 1. The van der Waals surface area contributed by atoms with Gasteiger partial charge in [0.2, 0.25) is 0 Å². The molecule has 0 saturated carbocycles. The Morgan fingerprint density at radius 2 is 1.58 bits per heavy atom. The lowest BCUT2D eigenvalue weighted by Gasteiger charge is -1.82. The second-order valence-electron chi connectivity index (χ2n) is 2.17. The van der Waals surface area contributed by atoms with Gasteiger partial charge in [0.05, 0.1) is 0 Å². The fourth-order valence-corrected chi connectivity index (χ4v) is 0.534. The summed E-state index contributed by atoms with van der Waals surface area (Å²) in [5.41, 5.74) is 1.32. The highest BCUT2D eigenvalue weighted by atomic mass is 32.2. The van der Waals surface area contributed by atoms with Crippen LogP contribution in [0.3, 0.4) is 0 Å². The summed E-state index contributed by atoms with van der Waals surface area (Å²) in [4.78, 5) is 0. The van der Waals surface area contributed by atoms with Crippen LogP contribution in [-0.2, 0) is 10.3 Å². The van der Waals surface area contributed by atoms with Gasteiger partial charge in [-0.15, -0.1) is 0 Å². The Bertz CT molecular complexity index is 299. The van der Waals surface area contributed by atoms with Crippen LogP contribution in [0.4, 0.5) is 0 Å². The zero-order valence-corrected chi connectivity index (χ0v) is 7.45. The summed E-state index contributed by atoms with van der Waals surface area (Å²) in [6.07, 6.45) is 0. The maximum absolute atomic E-state index is 8.97. The van der Waals surface area contributed by atoms with Gasteiger partial charge in [-0.05, 0) is 6.92 Å². The van der Waals surface area contributed by atoms with Gasteiger partial charge in [0.25, 0.3) is 0 Å². The molecule has 0 aliphatic rings. The normalized spacial score (nSPS) is 9.92. The second kappa shape index (κ2) is 4.87. The molecule has 0 atom stereocenters. The third kappa shape index (κ3) is 11.8. The van der Waals surface area contributed by atoms with E-state index in [9.17, 15) is 0 Å². The lowest BCUT2D eigenvalue weighted by Crippen LogP contribution is -2.08. The molecule has 12 heavy (non-hydrogen) atoms. The van der Waals surface area contributed by atoms with E-state index in [-0.39, 0.29) is 0 Å². The van der Waals surface area contributed by atoms with Crippen LogP contribution < -0.4 is 5.14 Å². The van der Waals surface area contributed by atoms with Crippen LogP contribution in [0.25, 0.3) is 0 Å². The predicted octanol–water partition coefficient (Wildman–Crippen LogP) is 0.743. The van der Waals surface area contributed by atoms with Gasteiger partial charge >= 0.3 is 10.3 Å². The van der Waals surface area contributed by atoms with Gasteiger partial charge in [-0.3, -0.25) is 4.55 Å². The molecule has 0 aliphatic heterocycles. The smallest absolute Gasteiger partial charge is 0.274 e. The van der Waals surface area contributed by atoms with Crippen molar-refractivity contribution >= 4 is 10.3 Å². The van der Waals surface area contributed by atoms with Crippen molar-refractivity contribution in [1.29, 1.82) is 0 Å². The minimum absolute atomic E-state index is 1.32. The van der Waals surface area contributed by atoms with Gasteiger partial charge in [-0.2, -0.15) is 8.42 Å². The molecule has 0 radical (unpaired) electrons. The molecule has 0 bridgehead atoms. The first kappa shape index (κ1) is 11.1. The highest BCUT2D eigenvalue weighted by Crippen LogP contribution is 1.92. The van der Waals surface area contributed by atoms with E-state index in [2.05, 4.69) is 24.2 Å². The summed E-state index contributed by atoms with van der Waals surface area (Å²) < 4.78 is 25.2. The topological polar surface area (TPSA) is 80.4 Å². The van der Waals surface area contributed by atoms with E-state index in [1.54, 1.807) is 0 Å². The predicted molar refractivity (Wildman–Crippen MR) is 46.9 cm³/mol. The molecule has 0 aromatic heterocycles. The van der Waals surface area contributed by atoms with Crippen molar-refractivity contribution in [3.05, 3.63) is 35.9 Å². The molecular weight excluding hydrogens is 178 g/mol. The Balaban J connectivity index is 0.000000217. The monoisotopic (exact) mass is 189 g/mol. The van der Waals surface area contributed by atoms with Crippen LogP contribution in [0.15, 0.2) is 30.3 Å². The SMILES string of the molecule is Cc1ccccc1.NS(=O)(=O)O. The van der Waals surface area contributed by atoms with Crippen molar-refractivity contribution in [2.45, 2.75) is 6.92 Å². The first-order chi connectivity index (χ1) is 5.39. The van der Waals surface area contributed by atoms with Gasteiger partial charge in [0.1, 0.15) is 0 Å².